The minimum Gasteiger partial charge on any atom is -0.373 e. The van der Waals surface area contributed by atoms with E-state index in [1.165, 1.54) is 0 Å². The molecule has 0 atom stereocenters. The molecule has 0 unspecified atom stereocenters. The topological polar surface area (TPSA) is 54.0 Å². The molecule has 0 spiro atoms. The number of hydrogen-bond acceptors (Lipinski definition) is 4. The molecule has 1 aromatic rings. The summed E-state index contributed by atoms with van der Waals surface area (Å²) in [5.74, 6) is 1.24. The van der Waals surface area contributed by atoms with Gasteiger partial charge >= 0.3 is 0 Å². The summed E-state index contributed by atoms with van der Waals surface area (Å²) in [5, 5.41) is 5.74. The lowest BCUT2D eigenvalue weighted by Gasteiger charge is -2.16. The maximum absolute atomic E-state index is 11.6. The minimum absolute atomic E-state index is 0.00364. The van der Waals surface area contributed by atoms with Crippen LogP contribution < -0.4 is 10.6 Å². The van der Waals surface area contributed by atoms with Gasteiger partial charge in [0.15, 0.2) is 0 Å². The zero-order valence-electron chi connectivity index (χ0n) is 10.7. The molecule has 0 radical (unpaired) electrons. The first-order valence-electron chi connectivity index (χ1n) is 5.48. The van der Waals surface area contributed by atoms with Gasteiger partial charge in [-0.3, -0.25) is 4.79 Å². The standard InChI is InChI=1S/C12H19N3OS/c1-12(2,3)17-8-11(16)15-9-5-6-10(13-4)14-7-9/h5-7H,8H2,1-4H3,(H,13,14)(H,15,16). The van der Waals surface area contributed by atoms with E-state index in [1.807, 2.05) is 12.1 Å². The number of nitrogens with one attached hydrogen (secondary N) is 2. The average Bonchev–Trinajstić information content (AvgIpc) is 2.27. The lowest BCUT2D eigenvalue weighted by molar-refractivity contribution is -0.113. The van der Waals surface area contributed by atoms with Gasteiger partial charge in [0.25, 0.3) is 0 Å². The number of carbonyl (C=O) groups excluding carboxylic acids is 1. The van der Waals surface area contributed by atoms with Gasteiger partial charge in [0, 0.05) is 11.8 Å². The van der Waals surface area contributed by atoms with Crippen LogP contribution in [-0.2, 0) is 4.79 Å². The molecule has 0 aliphatic carbocycles. The molecule has 0 aromatic carbocycles. The first-order chi connectivity index (χ1) is 7.90. The van der Waals surface area contributed by atoms with Crippen LogP contribution in [0, 0.1) is 0 Å². The Kier molecular flexibility index (Phi) is 4.81. The second-order valence-electron chi connectivity index (χ2n) is 4.63. The van der Waals surface area contributed by atoms with E-state index in [0.717, 1.165) is 11.5 Å². The Morgan fingerprint density at radius 3 is 2.59 bits per heavy atom. The molecule has 0 saturated heterocycles. The number of pyridine rings is 1. The number of nitrogens with zero attached hydrogens (tertiary/aromatic N) is 1. The third-order valence-electron chi connectivity index (χ3n) is 1.94. The molecular weight excluding hydrogens is 234 g/mol. The van der Waals surface area contributed by atoms with Crippen molar-refractivity contribution >= 4 is 29.2 Å². The molecule has 1 rings (SSSR count). The van der Waals surface area contributed by atoms with Crippen LogP contribution in [0.3, 0.4) is 0 Å². The van der Waals surface area contributed by atoms with Crippen LogP contribution >= 0.6 is 11.8 Å². The largest absolute Gasteiger partial charge is 0.373 e. The number of anilines is 2. The van der Waals surface area contributed by atoms with Gasteiger partial charge in [-0.2, -0.15) is 0 Å². The first-order valence-corrected chi connectivity index (χ1v) is 6.47. The monoisotopic (exact) mass is 253 g/mol. The summed E-state index contributed by atoms with van der Waals surface area (Å²) in [7, 11) is 1.81. The summed E-state index contributed by atoms with van der Waals surface area (Å²) < 4.78 is 0.103. The number of hydrogen-bond donors (Lipinski definition) is 2. The van der Waals surface area contributed by atoms with Crippen molar-refractivity contribution in [3.05, 3.63) is 18.3 Å². The number of rotatable bonds is 4. The number of thioether (sulfide) groups is 1. The van der Waals surface area contributed by atoms with Crippen LogP contribution in [-0.4, -0.2) is 28.4 Å². The van der Waals surface area contributed by atoms with Gasteiger partial charge in [-0.25, -0.2) is 4.98 Å². The lowest BCUT2D eigenvalue weighted by atomic mass is 10.3. The Hall–Kier alpha value is -1.23. The number of amides is 1. The van der Waals surface area contributed by atoms with E-state index in [2.05, 4.69) is 36.4 Å². The van der Waals surface area contributed by atoms with Crippen LogP contribution in [0.25, 0.3) is 0 Å². The Labute approximate surface area is 107 Å². The predicted octanol–water partition coefficient (Wildman–Crippen LogP) is 2.59. The van der Waals surface area contributed by atoms with Crippen molar-refractivity contribution in [1.29, 1.82) is 0 Å². The maximum Gasteiger partial charge on any atom is 0.234 e. The fourth-order valence-corrected chi connectivity index (χ4v) is 1.73. The molecule has 0 saturated carbocycles. The Bertz CT molecular complexity index is 370. The maximum atomic E-state index is 11.6. The lowest BCUT2D eigenvalue weighted by Crippen LogP contribution is -2.19. The SMILES string of the molecule is CNc1ccc(NC(=O)CSC(C)(C)C)cn1. The second-order valence-corrected chi connectivity index (χ2v) is 6.43. The van der Waals surface area contributed by atoms with Gasteiger partial charge < -0.3 is 10.6 Å². The van der Waals surface area contributed by atoms with E-state index >= 15 is 0 Å². The van der Waals surface area contributed by atoms with Crippen molar-refractivity contribution in [3.63, 3.8) is 0 Å². The fourth-order valence-electron chi connectivity index (χ4n) is 1.09. The first kappa shape index (κ1) is 13.8. The van der Waals surface area contributed by atoms with Crippen molar-refractivity contribution in [3.8, 4) is 0 Å². The normalized spacial score (nSPS) is 11.1. The van der Waals surface area contributed by atoms with Crippen LogP contribution in [0.2, 0.25) is 0 Å². The summed E-state index contributed by atoms with van der Waals surface area (Å²) in [6.07, 6.45) is 1.64. The molecule has 1 heterocycles. The summed E-state index contributed by atoms with van der Waals surface area (Å²) in [6.45, 7) is 6.27. The summed E-state index contributed by atoms with van der Waals surface area (Å²) in [5.41, 5.74) is 0.725. The van der Waals surface area contributed by atoms with E-state index in [-0.39, 0.29) is 10.7 Å². The van der Waals surface area contributed by atoms with Gasteiger partial charge in [-0.1, -0.05) is 20.8 Å². The summed E-state index contributed by atoms with van der Waals surface area (Å²) in [4.78, 5) is 15.8. The number of carbonyl (C=O) groups is 1. The molecule has 0 aliphatic rings. The number of aromatic nitrogens is 1. The van der Waals surface area contributed by atoms with E-state index in [9.17, 15) is 4.79 Å². The third kappa shape index (κ3) is 5.58. The van der Waals surface area contributed by atoms with Crippen LogP contribution in [0.15, 0.2) is 18.3 Å². The van der Waals surface area contributed by atoms with E-state index in [1.54, 1.807) is 25.0 Å². The molecule has 0 bridgehead atoms. The van der Waals surface area contributed by atoms with E-state index < -0.39 is 0 Å². The fraction of sp³-hybridized carbons (Fsp3) is 0.500. The van der Waals surface area contributed by atoms with Crippen LogP contribution in [0.4, 0.5) is 11.5 Å². The minimum atomic E-state index is 0.00364. The summed E-state index contributed by atoms with van der Waals surface area (Å²) in [6, 6.07) is 3.66. The molecule has 1 aromatic heterocycles. The molecule has 0 aliphatic heterocycles. The zero-order valence-corrected chi connectivity index (χ0v) is 11.5. The van der Waals surface area contributed by atoms with E-state index in [0.29, 0.717) is 5.75 Å². The average molecular weight is 253 g/mol. The highest BCUT2D eigenvalue weighted by atomic mass is 32.2. The third-order valence-corrected chi connectivity index (χ3v) is 3.21. The Morgan fingerprint density at radius 2 is 2.12 bits per heavy atom. The van der Waals surface area contributed by atoms with Crippen molar-refractivity contribution in [2.45, 2.75) is 25.5 Å². The quantitative estimate of drug-likeness (QED) is 0.866. The van der Waals surface area contributed by atoms with Crippen LogP contribution in [0.1, 0.15) is 20.8 Å². The Morgan fingerprint density at radius 1 is 1.41 bits per heavy atom. The highest BCUT2D eigenvalue weighted by Crippen LogP contribution is 2.23. The molecule has 5 heteroatoms. The zero-order chi connectivity index (χ0) is 12.9. The van der Waals surface area contributed by atoms with Gasteiger partial charge in [0.2, 0.25) is 5.91 Å². The molecule has 0 fully saturated rings. The predicted molar refractivity (Wildman–Crippen MR) is 74.6 cm³/mol. The highest BCUT2D eigenvalue weighted by molar-refractivity contribution is 8.01. The molecule has 94 valence electrons. The molecule has 1 amide bonds. The van der Waals surface area contributed by atoms with Gasteiger partial charge in [-0.15, -0.1) is 11.8 Å². The van der Waals surface area contributed by atoms with E-state index in [4.69, 9.17) is 0 Å². The smallest absolute Gasteiger partial charge is 0.234 e. The highest BCUT2D eigenvalue weighted by Gasteiger charge is 2.13. The molecule has 2 N–H and O–H groups in total. The molecule has 4 nitrogen and oxygen atoms in total. The second kappa shape index (κ2) is 5.91. The molecular formula is C12H19N3OS. The van der Waals surface area contributed by atoms with Crippen molar-refractivity contribution in [2.75, 3.05) is 23.4 Å². The molecule has 17 heavy (non-hydrogen) atoms. The van der Waals surface area contributed by atoms with Crippen molar-refractivity contribution < 1.29 is 4.79 Å². The van der Waals surface area contributed by atoms with Gasteiger partial charge in [-0.05, 0) is 12.1 Å². The van der Waals surface area contributed by atoms with Gasteiger partial charge in [0.05, 0.1) is 17.6 Å². The van der Waals surface area contributed by atoms with Crippen LogP contribution in [0.5, 0.6) is 0 Å². The summed E-state index contributed by atoms with van der Waals surface area (Å²) >= 11 is 1.62. The van der Waals surface area contributed by atoms with Crippen molar-refractivity contribution in [2.24, 2.45) is 0 Å². The van der Waals surface area contributed by atoms with Gasteiger partial charge in [0.1, 0.15) is 5.82 Å². The Balaban J connectivity index is 2.45. The van der Waals surface area contributed by atoms with Crippen molar-refractivity contribution in [1.82, 2.24) is 4.98 Å².